The lowest BCUT2D eigenvalue weighted by Gasteiger charge is -2.55. The zero-order chi connectivity index (χ0) is 12.5. The smallest absolute Gasteiger partial charge is 0.0178 e. The molecule has 0 heterocycles. The van der Waals surface area contributed by atoms with Crippen molar-refractivity contribution in [3.8, 4) is 0 Å². The summed E-state index contributed by atoms with van der Waals surface area (Å²) in [7, 11) is 0. The van der Waals surface area contributed by atoms with E-state index in [4.69, 9.17) is 0 Å². The van der Waals surface area contributed by atoms with Crippen LogP contribution in [0, 0.1) is 5.41 Å². The second kappa shape index (κ2) is 5.11. The summed E-state index contributed by atoms with van der Waals surface area (Å²) >= 11 is 3.57. The minimum atomic E-state index is 0.413. The van der Waals surface area contributed by atoms with Crippen LogP contribution in [-0.2, 0) is 0 Å². The number of halogens is 1. The molecule has 0 aliphatic heterocycles. The second-order valence-corrected chi connectivity index (χ2v) is 6.23. The van der Waals surface area contributed by atoms with Gasteiger partial charge >= 0.3 is 0 Å². The molecule has 1 aromatic carbocycles. The predicted octanol–water partition coefficient (Wildman–Crippen LogP) is 4.33. The lowest BCUT2D eigenvalue weighted by molar-refractivity contribution is 0.0455. The van der Waals surface area contributed by atoms with E-state index in [1.54, 1.807) is 0 Å². The number of hydrogen-bond donors (Lipinski definition) is 1. The largest absolute Gasteiger partial charge is 0.314 e. The number of nitrogens with one attached hydrogen (secondary N) is 1. The number of hydrogen-bond acceptors (Lipinski definition) is 1. The van der Waals surface area contributed by atoms with Gasteiger partial charge in [0.25, 0.3) is 0 Å². The Morgan fingerprint density at radius 3 is 2.76 bits per heavy atom. The first-order chi connectivity index (χ1) is 8.11. The van der Waals surface area contributed by atoms with Crippen LogP contribution in [0.3, 0.4) is 0 Å². The van der Waals surface area contributed by atoms with E-state index in [0.29, 0.717) is 17.4 Å². The Kier molecular flexibility index (Phi) is 3.94. The van der Waals surface area contributed by atoms with Gasteiger partial charge in [0.2, 0.25) is 0 Å². The molecule has 1 fully saturated rings. The van der Waals surface area contributed by atoms with E-state index in [0.717, 1.165) is 6.54 Å². The van der Waals surface area contributed by atoms with Gasteiger partial charge in [-0.05, 0) is 48.4 Å². The van der Waals surface area contributed by atoms with Gasteiger partial charge in [0.05, 0.1) is 0 Å². The van der Waals surface area contributed by atoms with E-state index < -0.39 is 0 Å². The molecule has 1 N–H and O–H groups in total. The van der Waals surface area contributed by atoms with Crippen LogP contribution in [0.5, 0.6) is 0 Å². The standard InChI is InChI=1S/C15H22BrN/c1-4-15(3)13(10-14(15)17-5-2)11-7-6-8-12(16)9-11/h6-9,13-14,17H,4-5,10H2,1-3H3. The summed E-state index contributed by atoms with van der Waals surface area (Å²) < 4.78 is 1.19. The molecule has 3 unspecified atom stereocenters. The summed E-state index contributed by atoms with van der Waals surface area (Å²) in [5.74, 6) is 0.703. The van der Waals surface area contributed by atoms with Gasteiger partial charge < -0.3 is 5.32 Å². The van der Waals surface area contributed by atoms with Gasteiger partial charge in [-0.3, -0.25) is 0 Å². The first-order valence-electron chi connectivity index (χ1n) is 6.60. The van der Waals surface area contributed by atoms with Crippen LogP contribution in [0.25, 0.3) is 0 Å². The van der Waals surface area contributed by atoms with Crippen LogP contribution < -0.4 is 5.32 Å². The van der Waals surface area contributed by atoms with Crippen LogP contribution in [0.1, 0.15) is 45.1 Å². The van der Waals surface area contributed by atoms with Crippen molar-refractivity contribution < 1.29 is 0 Å². The van der Waals surface area contributed by atoms with Crippen molar-refractivity contribution in [1.82, 2.24) is 5.32 Å². The monoisotopic (exact) mass is 295 g/mol. The van der Waals surface area contributed by atoms with Crippen molar-refractivity contribution in [3.05, 3.63) is 34.3 Å². The molecule has 17 heavy (non-hydrogen) atoms. The minimum absolute atomic E-state index is 0.413. The Bertz CT molecular complexity index is 390. The quantitative estimate of drug-likeness (QED) is 0.872. The number of rotatable bonds is 4. The van der Waals surface area contributed by atoms with Crippen molar-refractivity contribution in [3.63, 3.8) is 0 Å². The Balaban J connectivity index is 2.19. The molecular weight excluding hydrogens is 274 g/mol. The molecule has 0 bridgehead atoms. The first kappa shape index (κ1) is 13.1. The van der Waals surface area contributed by atoms with E-state index in [1.807, 2.05) is 0 Å². The van der Waals surface area contributed by atoms with Gasteiger partial charge in [0, 0.05) is 10.5 Å². The molecule has 3 atom stereocenters. The fourth-order valence-corrected chi connectivity index (χ4v) is 3.57. The molecule has 0 spiro atoms. The van der Waals surface area contributed by atoms with Crippen molar-refractivity contribution >= 4 is 15.9 Å². The molecule has 0 saturated heterocycles. The van der Waals surface area contributed by atoms with E-state index >= 15 is 0 Å². The highest BCUT2D eigenvalue weighted by Crippen LogP contribution is 2.55. The van der Waals surface area contributed by atoms with Crippen molar-refractivity contribution in [1.29, 1.82) is 0 Å². The fraction of sp³-hybridized carbons (Fsp3) is 0.600. The SMILES string of the molecule is CCNC1CC(c2cccc(Br)c2)C1(C)CC. The molecule has 0 amide bonds. The molecule has 1 aromatic rings. The van der Waals surface area contributed by atoms with E-state index in [-0.39, 0.29) is 0 Å². The molecule has 1 saturated carbocycles. The average Bonchev–Trinajstić information content (AvgIpc) is 2.32. The molecule has 2 rings (SSSR count). The highest BCUT2D eigenvalue weighted by Gasteiger charge is 2.50. The van der Waals surface area contributed by atoms with Gasteiger partial charge in [-0.15, -0.1) is 0 Å². The Morgan fingerprint density at radius 2 is 2.18 bits per heavy atom. The third-order valence-electron chi connectivity index (χ3n) is 4.53. The summed E-state index contributed by atoms with van der Waals surface area (Å²) in [6.45, 7) is 8.01. The van der Waals surface area contributed by atoms with Crippen LogP contribution in [0.2, 0.25) is 0 Å². The van der Waals surface area contributed by atoms with E-state index in [2.05, 4.69) is 66.3 Å². The summed E-state index contributed by atoms with van der Waals surface area (Å²) in [5.41, 5.74) is 1.90. The van der Waals surface area contributed by atoms with Gasteiger partial charge in [0.1, 0.15) is 0 Å². The lowest BCUT2D eigenvalue weighted by atomic mass is 9.54. The van der Waals surface area contributed by atoms with Crippen molar-refractivity contribution in [2.45, 2.75) is 45.6 Å². The first-order valence-corrected chi connectivity index (χ1v) is 7.40. The zero-order valence-electron chi connectivity index (χ0n) is 11.0. The highest BCUT2D eigenvalue weighted by molar-refractivity contribution is 9.10. The summed E-state index contributed by atoms with van der Waals surface area (Å²) in [6, 6.07) is 9.48. The van der Waals surface area contributed by atoms with E-state index in [9.17, 15) is 0 Å². The molecule has 1 aliphatic carbocycles. The van der Waals surface area contributed by atoms with Gasteiger partial charge in [0.15, 0.2) is 0 Å². The maximum atomic E-state index is 3.63. The third-order valence-corrected chi connectivity index (χ3v) is 5.02. The maximum Gasteiger partial charge on any atom is 0.0178 e. The minimum Gasteiger partial charge on any atom is -0.314 e. The van der Waals surface area contributed by atoms with Gasteiger partial charge in [-0.1, -0.05) is 48.8 Å². The fourth-order valence-electron chi connectivity index (χ4n) is 3.15. The molecule has 0 radical (unpaired) electrons. The topological polar surface area (TPSA) is 12.0 Å². The number of benzene rings is 1. The maximum absolute atomic E-state index is 3.63. The van der Waals surface area contributed by atoms with Gasteiger partial charge in [-0.25, -0.2) is 0 Å². The molecule has 1 nitrogen and oxygen atoms in total. The molecular formula is C15H22BrN. The molecule has 2 heteroatoms. The normalized spacial score (nSPS) is 32.2. The second-order valence-electron chi connectivity index (χ2n) is 5.31. The highest BCUT2D eigenvalue weighted by atomic mass is 79.9. The third kappa shape index (κ3) is 2.30. The Labute approximate surface area is 113 Å². The average molecular weight is 296 g/mol. The van der Waals surface area contributed by atoms with Crippen LogP contribution in [0.15, 0.2) is 28.7 Å². The van der Waals surface area contributed by atoms with Crippen molar-refractivity contribution in [2.75, 3.05) is 6.54 Å². The van der Waals surface area contributed by atoms with E-state index in [1.165, 1.54) is 22.9 Å². The zero-order valence-corrected chi connectivity index (χ0v) is 12.5. The van der Waals surface area contributed by atoms with Crippen LogP contribution in [0.4, 0.5) is 0 Å². The molecule has 0 aromatic heterocycles. The summed E-state index contributed by atoms with van der Waals surface area (Å²) in [6.07, 6.45) is 2.51. The molecule has 1 aliphatic rings. The van der Waals surface area contributed by atoms with Crippen molar-refractivity contribution in [2.24, 2.45) is 5.41 Å². The van der Waals surface area contributed by atoms with Gasteiger partial charge in [-0.2, -0.15) is 0 Å². The van der Waals surface area contributed by atoms with Crippen LogP contribution in [-0.4, -0.2) is 12.6 Å². The Hall–Kier alpha value is -0.340. The van der Waals surface area contributed by atoms with Crippen LogP contribution >= 0.6 is 15.9 Å². The summed E-state index contributed by atoms with van der Waals surface area (Å²) in [5, 5.41) is 3.63. The molecule has 94 valence electrons. The Morgan fingerprint density at radius 1 is 1.41 bits per heavy atom. The lowest BCUT2D eigenvalue weighted by Crippen LogP contribution is -2.56. The predicted molar refractivity (Wildman–Crippen MR) is 77.4 cm³/mol. The summed E-state index contributed by atoms with van der Waals surface area (Å²) in [4.78, 5) is 0.